The van der Waals surface area contributed by atoms with Crippen molar-refractivity contribution in [2.24, 2.45) is 5.10 Å². The zero-order chi connectivity index (χ0) is 12.7. The van der Waals surface area contributed by atoms with Crippen molar-refractivity contribution in [3.63, 3.8) is 0 Å². The second kappa shape index (κ2) is 8.77. The molecule has 0 saturated heterocycles. The highest BCUT2D eigenvalue weighted by Gasteiger charge is 2.04. The van der Waals surface area contributed by atoms with Crippen molar-refractivity contribution in [1.29, 1.82) is 0 Å². The Hall–Kier alpha value is -1.27. The maximum Gasteiger partial charge on any atom is 0.189 e. The number of hydrazone groups is 1. The SMILES string of the molecule is CCN(CC)C(=S)NN=C(C)c1cnccn1.Cl. The zero-order valence-corrected chi connectivity index (χ0v) is 12.4. The van der Waals surface area contributed by atoms with E-state index in [0.717, 1.165) is 24.5 Å². The Morgan fingerprint density at radius 3 is 2.56 bits per heavy atom. The fourth-order valence-electron chi connectivity index (χ4n) is 1.26. The molecule has 0 bridgehead atoms. The van der Waals surface area contributed by atoms with Crippen LogP contribution in [0.1, 0.15) is 26.5 Å². The Labute approximate surface area is 119 Å². The molecule has 18 heavy (non-hydrogen) atoms. The summed E-state index contributed by atoms with van der Waals surface area (Å²) in [5.74, 6) is 0. The van der Waals surface area contributed by atoms with Gasteiger partial charge in [0.25, 0.3) is 0 Å². The van der Waals surface area contributed by atoms with Gasteiger partial charge in [0.1, 0.15) is 5.69 Å². The van der Waals surface area contributed by atoms with Crippen LogP contribution in [0.15, 0.2) is 23.7 Å². The quantitative estimate of drug-likeness (QED) is 0.520. The summed E-state index contributed by atoms with van der Waals surface area (Å²) in [6.45, 7) is 7.69. The zero-order valence-electron chi connectivity index (χ0n) is 10.8. The molecule has 0 atom stereocenters. The van der Waals surface area contributed by atoms with Crippen LogP contribution in [-0.2, 0) is 0 Å². The molecule has 0 radical (unpaired) electrons. The largest absolute Gasteiger partial charge is 0.348 e. The van der Waals surface area contributed by atoms with Crippen LogP contribution in [0.3, 0.4) is 0 Å². The molecule has 0 aliphatic heterocycles. The molecule has 0 aliphatic rings. The van der Waals surface area contributed by atoms with Gasteiger partial charge in [0, 0.05) is 25.5 Å². The minimum Gasteiger partial charge on any atom is -0.348 e. The van der Waals surface area contributed by atoms with Gasteiger partial charge in [0.05, 0.1) is 11.9 Å². The van der Waals surface area contributed by atoms with E-state index in [4.69, 9.17) is 12.2 Å². The molecular formula is C11H18ClN5S. The van der Waals surface area contributed by atoms with Gasteiger partial charge in [0.2, 0.25) is 0 Å². The highest BCUT2D eigenvalue weighted by atomic mass is 35.5. The summed E-state index contributed by atoms with van der Waals surface area (Å²) in [6, 6.07) is 0. The first kappa shape index (κ1) is 16.7. The first-order chi connectivity index (χ1) is 8.19. The fraction of sp³-hybridized carbons (Fsp3) is 0.455. The number of thiocarbonyl (C=S) groups is 1. The van der Waals surface area contributed by atoms with E-state index in [9.17, 15) is 0 Å². The molecule has 0 spiro atoms. The normalized spacial score (nSPS) is 10.5. The molecule has 0 aromatic carbocycles. The summed E-state index contributed by atoms with van der Waals surface area (Å²) in [6.07, 6.45) is 4.93. The number of hydrogen-bond donors (Lipinski definition) is 1. The fourth-order valence-corrected chi connectivity index (χ4v) is 1.56. The summed E-state index contributed by atoms with van der Waals surface area (Å²) in [4.78, 5) is 10.2. The Kier molecular flexibility index (Phi) is 8.15. The van der Waals surface area contributed by atoms with Gasteiger partial charge in [-0.15, -0.1) is 12.4 Å². The average molecular weight is 288 g/mol. The second-order valence-corrected chi connectivity index (χ2v) is 3.76. The van der Waals surface area contributed by atoms with Crippen molar-refractivity contribution in [2.75, 3.05) is 13.1 Å². The van der Waals surface area contributed by atoms with E-state index in [-0.39, 0.29) is 12.4 Å². The minimum atomic E-state index is 0. The maximum absolute atomic E-state index is 5.21. The van der Waals surface area contributed by atoms with Gasteiger partial charge in [-0.3, -0.25) is 15.4 Å². The number of aromatic nitrogens is 2. The van der Waals surface area contributed by atoms with E-state index < -0.39 is 0 Å². The lowest BCUT2D eigenvalue weighted by molar-refractivity contribution is 0.458. The van der Waals surface area contributed by atoms with Gasteiger partial charge in [-0.1, -0.05) is 0 Å². The van der Waals surface area contributed by atoms with E-state index in [1.807, 2.05) is 11.8 Å². The van der Waals surface area contributed by atoms with Crippen LogP contribution in [0.2, 0.25) is 0 Å². The van der Waals surface area contributed by atoms with E-state index in [2.05, 4.69) is 34.3 Å². The topological polar surface area (TPSA) is 53.4 Å². The minimum absolute atomic E-state index is 0. The standard InChI is InChI=1S/C11H17N5S.ClH/c1-4-16(5-2)11(17)15-14-9(3)10-8-12-6-7-13-10;/h6-8H,4-5H2,1-3H3,(H,15,17);1H. The van der Waals surface area contributed by atoms with Crippen molar-refractivity contribution in [1.82, 2.24) is 20.3 Å². The van der Waals surface area contributed by atoms with Gasteiger partial charge in [-0.2, -0.15) is 5.10 Å². The Balaban J connectivity index is 0.00000289. The number of nitrogens with one attached hydrogen (secondary N) is 1. The number of rotatable bonds is 4. The Morgan fingerprint density at radius 2 is 2.06 bits per heavy atom. The third kappa shape index (κ3) is 4.93. The second-order valence-electron chi connectivity index (χ2n) is 3.38. The first-order valence-corrected chi connectivity index (χ1v) is 5.95. The first-order valence-electron chi connectivity index (χ1n) is 5.54. The number of hydrogen-bond acceptors (Lipinski definition) is 4. The lowest BCUT2D eigenvalue weighted by atomic mass is 10.3. The summed E-state index contributed by atoms with van der Waals surface area (Å²) in [5.41, 5.74) is 4.36. The van der Waals surface area contributed by atoms with Crippen LogP contribution in [0, 0.1) is 0 Å². The third-order valence-electron chi connectivity index (χ3n) is 2.30. The van der Waals surface area contributed by atoms with Crippen LogP contribution < -0.4 is 5.43 Å². The summed E-state index contributed by atoms with van der Waals surface area (Å²) < 4.78 is 0. The van der Waals surface area contributed by atoms with E-state index in [1.165, 1.54) is 0 Å². The lowest BCUT2D eigenvalue weighted by Crippen LogP contribution is -2.37. The van der Waals surface area contributed by atoms with Crippen LogP contribution in [0.25, 0.3) is 0 Å². The summed E-state index contributed by atoms with van der Waals surface area (Å²) in [5, 5.41) is 4.82. The van der Waals surface area contributed by atoms with Crippen molar-refractivity contribution in [3.8, 4) is 0 Å². The van der Waals surface area contributed by atoms with E-state index in [1.54, 1.807) is 18.6 Å². The molecule has 1 N–H and O–H groups in total. The predicted molar refractivity (Wildman–Crippen MR) is 80.1 cm³/mol. The molecule has 100 valence electrons. The van der Waals surface area contributed by atoms with Crippen LogP contribution in [0.5, 0.6) is 0 Å². The van der Waals surface area contributed by atoms with Crippen molar-refractivity contribution in [2.45, 2.75) is 20.8 Å². The third-order valence-corrected chi connectivity index (χ3v) is 2.65. The summed E-state index contributed by atoms with van der Waals surface area (Å²) in [7, 11) is 0. The van der Waals surface area contributed by atoms with Crippen molar-refractivity contribution in [3.05, 3.63) is 24.3 Å². The predicted octanol–water partition coefficient (Wildman–Crippen LogP) is 1.84. The maximum atomic E-state index is 5.21. The lowest BCUT2D eigenvalue weighted by Gasteiger charge is -2.20. The van der Waals surface area contributed by atoms with Gasteiger partial charge < -0.3 is 4.90 Å². The Bertz CT molecular complexity index is 392. The van der Waals surface area contributed by atoms with Gasteiger partial charge in [-0.05, 0) is 33.0 Å². The van der Waals surface area contributed by atoms with Crippen molar-refractivity contribution >= 4 is 35.4 Å². The molecule has 0 aliphatic carbocycles. The average Bonchev–Trinajstić information content (AvgIpc) is 2.38. The number of halogens is 1. The molecule has 1 aromatic heterocycles. The smallest absolute Gasteiger partial charge is 0.189 e. The molecule has 1 aromatic rings. The van der Waals surface area contributed by atoms with Crippen LogP contribution in [-0.4, -0.2) is 38.8 Å². The molecule has 5 nitrogen and oxygen atoms in total. The molecule has 1 rings (SSSR count). The molecule has 1 heterocycles. The summed E-state index contributed by atoms with van der Waals surface area (Å²) >= 11 is 5.21. The van der Waals surface area contributed by atoms with Crippen LogP contribution >= 0.6 is 24.6 Å². The van der Waals surface area contributed by atoms with Gasteiger partial charge in [0.15, 0.2) is 5.11 Å². The van der Waals surface area contributed by atoms with E-state index in [0.29, 0.717) is 5.11 Å². The van der Waals surface area contributed by atoms with Crippen LogP contribution in [0.4, 0.5) is 0 Å². The van der Waals surface area contributed by atoms with Gasteiger partial charge in [-0.25, -0.2) is 0 Å². The molecule has 0 saturated carbocycles. The number of nitrogens with zero attached hydrogens (tertiary/aromatic N) is 4. The highest BCUT2D eigenvalue weighted by molar-refractivity contribution is 7.80. The molecule has 7 heteroatoms. The molecule has 0 unspecified atom stereocenters. The highest BCUT2D eigenvalue weighted by Crippen LogP contribution is 1.94. The van der Waals surface area contributed by atoms with Crippen molar-refractivity contribution < 1.29 is 0 Å². The molecule has 0 fully saturated rings. The monoisotopic (exact) mass is 287 g/mol. The van der Waals surface area contributed by atoms with E-state index >= 15 is 0 Å². The molecular weight excluding hydrogens is 270 g/mol. The molecule has 0 amide bonds. The Morgan fingerprint density at radius 1 is 1.39 bits per heavy atom. The van der Waals surface area contributed by atoms with Gasteiger partial charge >= 0.3 is 0 Å².